The minimum Gasteiger partial charge on any atom is -0.440 e. The SMILES string of the molecule is CC(C)N1CCCC2(CNC(=O)O2)C1. The number of ether oxygens (including phenoxy) is 1. The molecular weight excluding hydrogens is 180 g/mol. The summed E-state index contributed by atoms with van der Waals surface area (Å²) in [6.45, 7) is 7.04. The molecule has 2 rings (SSSR count). The van der Waals surface area contributed by atoms with Gasteiger partial charge in [0.2, 0.25) is 0 Å². The van der Waals surface area contributed by atoms with Crippen LogP contribution in [0.3, 0.4) is 0 Å². The van der Waals surface area contributed by atoms with Crippen molar-refractivity contribution in [2.75, 3.05) is 19.6 Å². The predicted molar refractivity (Wildman–Crippen MR) is 53.2 cm³/mol. The third kappa shape index (κ3) is 1.71. The predicted octanol–water partition coefficient (Wildman–Crippen LogP) is 0.969. The van der Waals surface area contributed by atoms with Gasteiger partial charge in [0.05, 0.1) is 6.54 Å². The number of piperidine rings is 1. The first-order valence-electron chi connectivity index (χ1n) is 5.32. The van der Waals surface area contributed by atoms with E-state index in [0.29, 0.717) is 12.6 Å². The van der Waals surface area contributed by atoms with Crippen LogP contribution in [0.25, 0.3) is 0 Å². The van der Waals surface area contributed by atoms with E-state index in [4.69, 9.17) is 4.74 Å². The Morgan fingerprint density at radius 2 is 2.36 bits per heavy atom. The van der Waals surface area contributed by atoms with E-state index in [9.17, 15) is 4.79 Å². The number of carbonyl (C=O) groups is 1. The monoisotopic (exact) mass is 198 g/mol. The van der Waals surface area contributed by atoms with Gasteiger partial charge < -0.3 is 10.1 Å². The second-order valence-corrected chi connectivity index (χ2v) is 4.59. The lowest BCUT2D eigenvalue weighted by atomic mass is 9.92. The highest BCUT2D eigenvalue weighted by atomic mass is 16.6. The maximum Gasteiger partial charge on any atom is 0.407 e. The van der Waals surface area contributed by atoms with Gasteiger partial charge in [-0.2, -0.15) is 0 Å². The maximum atomic E-state index is 11.0. The fourth-order valence-electron chi connectivity index (χ4n) is 2.30. The molecule has 0 radical (unpaired) electrons. The van der Waals surface area contributed by atoms with E-state index in [2.05, 4.69) is 24.1 Å². The van der Waals surface area contributed by atoms with Crippen LogP contribution in [-0.2, 0) is 4.74 Å². The first-order chi connectivity index (χ1) is 6.61. The van der Waals surface area contributed by atoms with Crippen molar-refractivity contribution in [2.45, 2.75) is 38.3 Å². The molecule has 0 aromatic rings. The Labute approximate surface area is 84.6 Å². The van der Waals surface area contributed by atoms with Crippen molar-refractivity contribution in [3.8, 4) is 0 Å². The van der Waals surface area contributed by atoms with Crippen molar-refractivity contribution >= 4 is 6.09 Å². The van der Waals surface area contributed by atoms with Crippen molar-refractivity contribution in [3.05, 3.63) is 0 Å². The molecule has 1 amide bonds. The molecule has 0 aromatic heterocycles. The van der Waals surface area contributed by atoms with E-state index in [0.717, 1.165) is 25.9 Å². The lowest BCUT2D eigenvalue weighted by Gasteiger charge is -2.40. The maximum absolute atomic E-state index is 11.0. The average Bonchev–Trinajstić information content (AvgIpc) is 2.47. The molecule has 1 N–H and O–H groups in total. The number of alkyl carbamates (subject to hydrolysis) is 1. The molecule has 0 aromatic carbocycles. The molecule has 1 spiro atoms. The molecular formula is C10H18N2O2. The van der Waals surface area contributed by atoms with Gasteiger partial charge in [-0.15, -0.1) is 0 Å². The third-order valence-electron chi connectivity index (χ3n) is 3.16. The number of nitrogens with one attached hydrogen (secondary N) is 1. The third-order valence-corrected chi connectivity index (χ3v) is 3.16. The lowest BCUT2D eigenvalue weighted by Crippen LogP contribution is -2.52. The molecule has 1 atom stereocenters. The van der Waals surface area contributed by atoms with E-state index in [1.54, 1.807) is 0 Å². The van der Waals surface area contributed by atoms with Crippen LogP contribution in [0.1, 0.15) is 26.7 Å². The van der Waals surface area contributed by atoms with E-state index >= 15 is 0 Å². The molecule has 4 nitrogen and oxygen atoms in total. The van der Waals surface area contributed by atoms with Gasteiger partial charge >= 0.3 is 6.09 Å². The van der Waals surface area contributed by atoms with Gasteiger partial charge in [0.1, 0.15) is 5.60 Å². The molecule has 4 heteroatoms. The standard InChI is InChI=1S/C10H18N2O2/c1-8(2)12-5-3-4-10(7-12)6-11-9(13)14-10/h8H,3-7H2,1-2H3,(H,11,13). The largest absolute Gasteiger partial charge is 0.440 e. The highest BCUT2D eigenvalue weighted by Gasteiger charge is 2.43. The Morgan fingerprint density at radius 3 is 2.93 bits per heavy atom. The van der Waals surface area contributed by atoms with Gasteiger partial charge in [-0.1, -0.05) is 0 Å². The van der Waals surface area contributed by atoms with Crippen molar-refractivity contribution in [1.82, 2.24) is 10.2 Å². The van der Waals surface area contributed by atoms with Gasteiger partial charge in [0, 0.05) is 12.6 Å². The van der Waals surface area contributed by atoms with E-state index in [1.807, 2.05) is 0 Å². The Kier molecular flexibility index (Phi) is 2.39. The highest BCUT2D eigenvalue weighted by molar-refractivity contribution is 5.70. The van der Waals surface area contributed by atoms with E-state index in [-0.39, 0.29) is 11.7 Å². The molecule has 0 bridgehead atoms. The van der Waals surface area contributed by atoms with Crippen LogP contribution in [0.4, 0.5) is 4.79 Å². The smallest absolute Gasteiger partial charge is 0.407 e. The second-order valence-electron chi connectivity index (χ2n) is 4.59. The molecule has 2 saturated heterocycles. The summed E-state index contributed by atoms with van der Waals surface area (Å²) >= 11 is 0. The Balaban J connectivity index is 2.03. The first kappa shape index (κ1) is 9.77. The van der Waals surface area contributed by atoms with Crippen LogP contribution in [0, 0.1) is 0 Å². The highest BCUT2D eigenvalue weighted by Crippen LogP contribution is 2.28. The fourth-order valence-corrected chi connectivity index (χ4v) is 2.30. The van der Waals surface area contributed by atoms with Crippen molar-refractivity contribution in [2.24, 2.45) is 0 Å². The van der Waals surface area contributed by atoms with Crippen LogP contribution < -0.4 is 5.32 Å². The van der Waals surface area contributed by atoms with Gasteiger partial charge in [0.25, 0.3) is 0 Å². The summed E-state index contributed by atoms with van der Waals surface area (Å²) in [4.78, 5) is 13.4. The number of amides is 1. The summed E-state index contributed by atoms with van der Waals surface area (Å²) in [5, 5.41) is 2.75. The quantitative estimate of drug-likeness (QED) is 0.682. The first-order valence-corrected chi connectivity index (χ1v) is 5.32. The number of hydrogen-bond donors (Lipinski definition) is 1. The summed E-state index contributed by atoms with van der Waals surface area (Å²) in [6.07, 6.45) is 1.86. The molecule has 0 aliphatic carbocycles. The molecule has 0 saturated carbocycles. The molecule has 14 heavy (non-hydrogen) atoms. The number of nitrogens with zero attached hydrogens (tertiary/aromatic N) is 1. The summed E-state index contributed by atoms with van der Waals surface area (Å²) in [5.41, 5.74) is -0.237. The minimum absolute atomic E-state index is 0.237. The average molecular weight is 198 g/mol. The van der Waals surface area contributed by atoms with Crippen LogP contribution >= 0.6 is 0 Å². The van der Waals surface area contributed by atoms with Crippen LogP contribution in [-0.4, -0.2) is 42.3 Å². The summed E-state index contributed by atoms with van der Waals surface area (Å²) in [6, 6.07) is 0.534. The normalized spacial score (nSPS) is 33.5. The number of rotatable bonds is 1. The van der Waals surface area contributed by atoms with Crippen LogP contribution in [0.2, 0.25) is 0 Å². The van der Waals surface area contributed by atoms with Gasteiger partial charge in [0.15, 0.2) is 0 Å². The van der Waals surface area contributed by atoms with Gasteiger partial charge in [-0.05, 0) is 33.2 Å². The summed E-state index contributed by atoms with van der Waals surface area (Å²) < 4.78 is 5.38. The molecule has 2 aliphatic heterocycles. The number of carbonyl (C=O) groups excluding carboxylic acids is 1. The van der Waals surface area contributed by atoms with Crippen molar-refractivity contribution in [3.63, 3.8) is 0 Å². The minimum atomic E-state index is -0.254. The summed E-state index contributed by atoms with van der Waals surface area (Å²) in [7, 11) is 0. The van der Waals surface area contributed by atoms with Crippen LogP contribution in [0.5, 0.6) is 0 Å². The fraction of sp³-hybridized carbons (Fsp3) is 0.900. The Morgan fingerprint density at radius 1 is 1.57 bits per heavy atom. The number of hydrogen-bond acceptors (Lipinski definition) is 3. The van der Waals surface area contributed by atoms with E-state index in [1.165, 1.54) is 0 Å². The zero-order chi connectivity index (χ0) is 10.2. The zero-order valence-electron chi connectivity index (χ0n) is 8.88. The van der Waals surface area contributed by atoms with Crippen molar-refractivity contribution < 1.29 is 9.53 Å². The van der Waals surface area contributed by atoms with Gasteiger partial charge in [-0.25, -0.2) is 4.79 Å². The topological polar surface area (TPSA) is 41.6 Å². The van der Waals surface area contributed by atoms with E-state index < -0.39 is 0 Å². The Bertz CT molecular complexity index is 242. The molecule has 2 aliphatic rings. The number of likely N-dealkylation sites (tertiary alicyclic amines) is 1. The molecule has 2 fully saturated rings. The van der Waals surface area contributed by atoms with Gasteiger partial charge in [-0.3, -0.25) is 4.90 Å². The zero-order valence-corrected chi connectivity index (χ0v) is 8.88. The molecule has 1 unspecified atom stereocenters. The Hall–Kier alpha value is -0.770. The molecule has 2 heterocycles. The van der Waals surface area contributed by atoms with Crippen LogP contribution in [0.15, 0.2) is 0 Å². The lowest BCUT2D eigenvalue weighted by molar-refractivity contribution is -0.0179. The molecule has 80 valence electrons. The summed E-state index contributed by atoms with van der Waals surface area (Å²) in [5.74, 6) is 0. The van der Waals surface area contributed by atoms with Crippen molar-refractivity contribution in [1.29, 1.82) is 0 Å². The second kappa shape index (κ2) is 3.42.